The van der Waals surface area contributed by atoms with E-state index in [1.165, 1.54) is 25.7 Å². The second kappa shape index (κ2) is 6.60. The third kappa shape index (κ3) is 3.70. The number of hydrogen-bond acceptors (Lipinski definition) is 2. The molecule has 0 radical (unpaired) electrons. The van der Waals surface area contributed by atoms with Crippen molar-refractivity contribution in [2.45, 2.75) is 52.1 Å². The molecule has 3 heteroatoms. The maximum Gasteiger partial charge on any atom is 0.122 e. The lowest BCUT2D eigenvalue weighted by molar-refractivity contribution is 0.587. The molecule has 1 heterocycles. The van der Waals surface area contributed by atoms with Crippen LogP contribution in [0.25, 0.3) is 0 Å². The third-order valence-electron chi connectivity index (χ3n) is 3.31. The van der Waals surface area contributed by atoms with Gasteiger partial charge in [0.2, 0.25) is 0 Å². The van der Waals surface area contributed by atoms with Gasteiger partial charge >= 0.3 is 0 Å². The standard InChI is InChI=1S/C14H23N3/c1-2-10-17-11-9-16-14(17)12-15-8-7-13-5-3-4-6-13/h5,9,11,15H,2-4,6-8,10,12H2,1H3. The molecule has 0 unspecified atom stereocenters. The number of rotatable bonds is 7. The molecule has 0 aromatic carbocycles. The van der Waals surface area contributed by atoms with Gasteiger partial charge in [0.15, 0.2) is 0 Å². The van der Waals surface area contributed by atoms with Gasteiger partial charge in [-0.3, -0.25) is 0 Å². The van der Waals surface area contributed by atoms with Crippen LogP contribution in [0.5, 0.6) is 0 Å². The Hall–Kier alpha value is -1.09. The molecule has 1 N–H and O–H groups in total. The van der Waals surface area contributed by atoms with Gasteiger partial charge in [-0.1, -0.05) is 18.6 Å². The van der Waals surface area contributed by atoms with Crippen molar-refractivity contribution in [3.8, 4) is 0 Å². The molecule has 94 valence electrons. The lowest BCUT2D eigenvalue weighted by Gasteiger charge is -2.08. The Morgan fingerprint density at radius 2 is 2.41 bits per heavy atom. The molecule has 0 spiro atoms. The van der Waals surface area contributed by atoms with Crippen LogP contribution in [0.1, 0.15) is 44.9 Å². The predicted octanol–water partition coefficient (Wildman–Crippen LogP) is 2.88. The highest BCUT2D eigenvalue weighted by Crippen LogP contribution is 2.19. The highest BCUT2D eigenvalue weighted by molar-refractivity contribution is 5.07. The number of aryl methyl sites for hydroxylation is 1. The second-order valence-electron chi connectivity index (χ2n) is 4.72. The van der Waals surface area contributed by atoms with E-state index in [1.807, 2.05) is 6.20 Å². The van der Waals surface area contributed by atoms with E-state index in [4.69, 9.17) is 0 Å². The van der Waals surface area contributed by atoms with Crippen LogP contribution >= 0.6 is 0 Å². The molecule has 0 amide bonds. The molecule has 1 aromatic heterocycles. The van der Waals surface area contributed by atoms with Crippen LogP contribution in [0, 0.1) is 0 Å². The zero-order valence-electron chi connectivity index (χ0n) is 10.8. The van der Waals surface area contributed by atoms with Crippen molar-refractivity contribution in [2.75, 3.05) is 6.54 Å². The first-order chi connectivity index (χ1) is 8.40. The molecule has 0 bridgehead atoms. The summed E-state index contributed by atoms with van der Waals surface area (Å²) in [5, 5.41) is 3.49. The molecule has 17 heavy (non-hydrogen) atoms. The molecule has 2 rings (SSSR count). The van der Waals surface area contributed by atoms with E-state index in [0.717, 1.165) is 31.9 Å². The molecule has 0 atom stereocenters. The van der Waals surface area contributed by atoms with E-state index >= 15 is 0 Å². The molecule has 0 saturated heterocycles. The van der Waals surface area contributed by atoms with Crippen LogP contribution in [-0.2, 0) is 13.1 Å². The monoisotopic (exact) mass is 233 g/mol. The van der Waals surface area contributed by atoms with Crippen LogP contribution in [0.4, 0.5) is 0 Å². The number of aromatic nitrogens is 2. The van der Waals surface area contributed by atoms with Gasteiger partial charge in [-0.15, -0.1) is 0 Å². The molecule has 0 saturated carbocycles. The average molecular weight is 233 g/mol. The first-order valence-electron chi connectivity index (χ1n) is 6.78. The summed E-state index contributed by atoms with van der Waals surface area (Å²) in [5.41, 5.74) is 1.63. The van der Waals surface area contributed by atoms with Crippen molar-refractivity contribution in [1.29, 1.82) is 0 Å². The summed E-state index contributed by atoms with van der Waals surface area (Å²) in [6.45, 7) is 5.23. The Morgan fingerprint density at radius 3 is 3.18 bits per heavy atom. The Balaban J connectivity index is 1.68. The van der Waals surface area contributed by atoms with Gasteiger partial charge in [-0.05, 0) is 38.6 Å². The van der Waals surface area contributed by atoms with Crippen molar-refractivity contribution in [3.05, 3.63) is 29.9 Å². The molecule has 3 nitrogen and oxygen atoms in total. The SMILES string of the molecule is CCCn1ccnc1CNCCC1=CCCC1. The fourth-order valence-electron chi connectivity index (χ4n) is 2.37. The molecular weight excluding hydrogens is 210 g/mol. The lowest BCUT2D eigenvalue weighted by Crippen LogP contribution is -2.18. The highest BCUT2D eigenvalue weighted by atomic mass is 15.1. The molecule has 1 aliphatic carbocycles. The summed E-state index contributed by atoms with van der Waals surface area (Å²) < 4.78 is 2.24. The van der Waals surface area contributed by atoms with Crippen LogP contribution in [0.2, 0.25) is 0 Å². The van der Waals surface area contributed by atoms with E-state index < -0.39 is 0 Å². The van der Waals surface area contributed by atoms with Crippen LogP contribution in [0.15, 0.2) is 24.0 Å². The summed E-state index contributed by atoms with van der Waals surface area (Å²) in [5.74, 6) is 1.16. The van der Waals surface area contributed by atoms with Gasteiger partial charge < -0.3 is 9.88 Å². The number of allylic oxidation sites excluding steroid dienone is 1. The Kier molecular flexibility index (Phi) is 4.80. The smallest absolute Gasteiger partial charge is 0.122 e. The zero-order chi connectivity index (χ0) is 11.9. The summed E-state index contributed by atoms with van der Waals surface area (Å²) >= 11 is 0. The molecule has 1 aromatic rings. The van der Waals surface area contributed by atoms with Crippen LogP contribution in [-0.4, -0.2) is 16.1 Å². The Morgan fingerprint density at radius 1 is 1.47 bits per heavy atom. The average Bonchev–Trinajstić information content (AvgIpc) is 2.96. The van der Waals surface area contributed by atoms with Crippen LogP contribution in [0.3, 0.4) is 0 Å². The van der Waals surface area contributed by atoms with Gasteiger partial charge in [0, 0.05) is 18.9 Å². The molecule has 0 aliphatic heterocycles. The summed E-state index contributed by atoms with van der Waals surface area (Å²) in [6.07, 6.45) is 12.7. The largest absolute Gasteiger partial charge is 0.334 e. The first kappa shape index (κ1) is 12.4. The summed E-state index contributed by atoms with van der Waals surface area (Å²) in [6, 6.07) is 0. The minimum Gasteiger partial charge on any atom is -0.334 e. The highest BCUT2D eigenvalue weighted by Gasteiger charge is 2.04. The molecule has 1 aliphatic rings. The molecule has 0 fully saturated rings. The van der Waals surface area contributed by atoms with E-state index in [-0.39, 0.29) is 0 Å². The Bertz CT molecular complexity index is 365. The number of nitrogens with zero attached hydrogens (tertiary/aromatic N) is 2. The van der Waals surface area contributed by atoms with E-state index in [2.05, 4.69) is 34.1 Å². The minimum atomic E-state index is 0.889. The van der Waals surface area contributed by atoms with Crippen molar-refractivity contribution in [1.82, 2.24) is 14.9 Å². The Labute approximate surface area is 104 Å². The topological polar surface area (TPSA) is 29.9 Å². The van der Waals surface area contributed by atoms with Gasteiger partial charge in [0.05, 0.1) is 6.54 Å². The number of hydrogen-bond donors (Lipinski definition) is 1. The summed E-state index contributed by atoms with van der Waals surface area (Å²) in [4.78, 5) is 4.39. The maximum absolute atomic E-state index is 4.39. The lowest BCUT2D eigenvalue weighted by atomic mass is 10.2. The third-order valence-corrected chi connectivity index (χ3v) is 3.31. The van der Waals surface area contributed by atoms with Crippen molar-refractivity contribution < 1.29 is 0 Å². The van der Waals surface area contributed by atoms with E-state index in [9.17, 15) is 0 Å². The van der Waals surface area contributed by atoms with Gasteiger partial charge in [0.1, 0.15) is 5.82 Å². The second-order valence-corrected chi connectivity index (χ2v) is 4.72. The van der Waals surface area contributed by atoms with E-state index in [1.54, 1.807) is 5.57 Å². The normalized spacial score (nSPS) is 15.2. The van der Waals surface area contributed by atoms with Crippen molar-refractivity contribution in [3.63, 3.8) is 0 Å². The summed E-state index contributed by atoms with van der Waals surface area (Å²) in [7, 11) is 0. The number of nitrogens with one attached hydrogen (secondary N) is 1. The quantitative estimate of drug-likeness (QED) is 0.579. The molecular formula is C14H23N3. The van der Waals surface area contributed by atoms with Crippen LogP contribution < -0.4 is 5.32 Å². The van der Waals surface area contributed by atoms with Gasteiger partial charge in [0.25, 0.3) is 0 Å². The van der Waals surface area contributed by atoms with Gasteiger partial charge in [-0.2, -0.15) is 0 Å². The van der Waals surface area contributed by atoms with Crippen molar-refractivity contribution >= 4 is 0 Å². The van der Waals surface area contributed by atoms with Gasteiger partial charge in [-0.25, -0.2) is 4.98 Å². The number of imidazole rings is 1. The maximum atomic E-state index is 4.39. The zero-order valence-corrected chi connectivity index (χ0v) is 10.8. The minimum absolute atomic E-state index is 0.889. The fourth-order valence-corrected chi connectivity index (χ4v) is 2.37. The van der Waals surface area contributed by atoms with Crippen molar-refractivity contribution in [2.24, 2.45) is 0 Å². The predicted molar refractivity (Wildman–Crippen MR) is 70.8 cm³/mol. The fraction of sp³-hybridized carbons (Fsp3) is 0.643. The van der Waals surface area contributed by atoms with E-state index in [0.29, 0.717) is 0 Å². The first-order valence-corrected chi connectivity index (χ1v) is 6.78.